The summed E-state index contributed by atoms with van der Waals surface area (Å²) in [5.41, 5.74) is 2.98. The van der Waals surface area contributed by atoms with Gasteiger partial charge in [-0.3, -0.25) is 4.99 Å². The standard InChI is InChI=1S/C20H22F2N4O.HI/c1-23-20(26-13-15-6-2-5-9-18(15)27-19(21)22)24-11-10-14-12-25-17-8-4-3-7-16(14)17;/h2-9,12,19,25H,10-11,13H2,1H3,(H2,23,24,26);1H. The normalized spacial score (nSPS) is 11.4. The van der Waals surface area contributed by atoms with Gasteiger partial charge < -0.3 is 20.4 Å². The number of hydrogen-bond donors (Lipinski definition) is 3. The van der Waals surface area contributed by atoms with Gasteiger partial charge in [0.05, 0.1) is 0 Å². The van der Waals surface area contributed by atoms with Gasteiger partial charge in [-0.1, -0.05) is 36.4 Å². The number of nitrogens with zero attached hydrogens (tertiary/aromatic N) is 1. The smallest absolute Gasteiger partial charge is 0.387 e. The van der Waals surface area contributed by atoms with Crippen molar-refractivity contribution in [3.63, 3.8) is 0 Å². The van der Waals surface area contributed by atoms with Crippen molar-refractivity contribution in [2.24, 2.45) is 4.99 Å². The number of aromatic amines is 1. The number of para-hydroxylation sites is 2. The van der Waals surface area contributed by atoms with E-state index in [-0.39, 0.29) is 29.7 Å². The number of aliphatic imine (C=N–C) groups is 1. The Morgan fingerprint density at radius 3 is 2.61 bits per heavy atom. The molecule has 0 bridgehead atoms. The molecule has 0 aliphatic carbocycles. The number of guanidine groups is 1. The second kappa shape index (κ2) is 10.8. The number of hydrogen-bond acceptors (Lipinski definition) is 2. The molecule has 3 rings (SSSR count). The van der Waals surface area contributed by atoms with Crippen LogP contribution in [0.3, 0.4) is 0 Å². The predicted octanol–water partition coefficient (Wildman–Crippen LogP) is 4.30. The van der Waals surface area contributed by atoms with Gasteiger partial charge in [0.15, 0.2) is 5.96 Å². The van der Waals surface area contributed by atoms with Crippen molar-refractivity contribution in [2.75, 3.05) is 13.6 Å². The number of ether oxygens (including phenoxy) is 1. The van der Waals surface area contributed by atoms with E-state index in [0.29, 0.717) is 24.6 Å². The molecule has 5 nitrogen and oxygen atoms in total. The maximum absolute atomic E-state index is 12.5. The first-order chi connectivity index (χ1) is 13.2. The van der Waals surface area contributed by atoms with Crippen LogP contribution in [-0.2, 0) is 13.0 Å². The fourth-order valence-electron chi connectivity index (χ4n) is 2.91. The third kappa shape index (κ3) is 5.82. The van der Waals surface area contributed by atoms with E-state index in [1.807, 2.05) is 24.4 Å². The largest absolute Gasteiger partial charge is 0.434 e. The van der Waals surface area contributed by atoms with Gasteiger partial charge in [-0.15, -0.1) is 24.0 Å². The molecule has 0 saturated carbocycles. The van der Waals surface area contributed by atoms with Crippen molar-refractivity contribution in [1.29, 1.82) is 0 Å². The molecule has 0 aliphatic heterocycles. The van der Waals surface area contributed by atoms with Crippen LogP contribution in [0.15, 0.2) is 59.7 Å². The lowest BCUT2D eigenvalue weighted by Gasteiger charge is -2.14. The molecule has 28 heavy (non-hydrogen) atoms. The van der Waals surface area contributed by atoms with Crippen molar-refractivity contribution < 1.29 is 13.5 Å². The lowest BCUT2D eigenvalue weighted by atomic mass is 10.1. The molecule has 0 atom stereocenters. The number of aromatic nitrogens is 1. The summed E-state index contributed by atoms with van der Waals surface area (Å²) in [5, 5.41) is 7.57. The second-order valence-corrected chi connectivity index (χ2v) is 5.95. The highest BCUT2D eigenvalue weighted by Gasteiger charge is 2.09. The summed E-state index contributed by atoms with van der Waals surface area (Å²) < 4.78 is 29.5. The van der Waals surface area contributed by atoms with Crippen LogP contribution in [0.25, 0.3) is 10.9 Å². The lowest BCUT2D eigenvalue weighted by molar-refractivity contribution is -0.0504. The average Bonchev–Trinajstić information content (AvgIpc) is 3.08. The van der Waals surface area contributed by atoms with Gasteiger partial charge in [0.2, 0.25) is 0 Å². The minimum atomic E-state index is -2.85. The zero-order valence-corrected chi connectivity index (χ0v) is 17.7. The molecule has 1 heterocycles. The molecular weight excluding hydrogens is 477 g/mol. The molecule has 3 N–H and O–H groups in total. The van der Waals surface area contributed by atoms with Crippen LogP contribution in [0.4, 0.5) is 8.78 Å². The van der Waals surface area contributed by atoms with Gasteiger partial charge in [-0.25, -0.2) is 0 Å². The Morgan fingerprint density at radius 1 is 1.07 bits per heavy atom. The van der Waals surface area contributed by atoms with E-state index < -0.39 is 6.61 Å². The summed E-state index contributed by atoms with van der Waals surface area (Å²) in [5.74, 6) is 0.760. The first-order valence-corrected chi connectivity index (χ1v) is 8.69. The van der Waals surface area contributed by atoms with Crippen molar-refractivity contribution in [3.05, 3.63) is 65.9 Å². The molecule has 1 aromatic heterocycles. The Morgan fingerprint density at radius 2 is 1.82 bits per heavy atom. The van der Waals surface area contributed by atoms with Crippen LogP contribution in [0, 0.1) is 0 Å². The van der Waals surface area contributed by atoms with Crippen LogP contribution in [0.2, 0.25) is 0 Å². The predicted molar refractivity (Wildman–Crippen MR) is 119 cm³/mol. The topological polar surface area (TPSA) is 61.4 Å². The summed E-state index contributed by atoms with van der Waals surface area (Å²) in [6, 6.07) is 14.9. The Labute approximate surface area is 179 Å². The molecule has 0 aliphatic rings. The first kappa shape index (κ1) is 21.9. The van der Waals surface area contributed by atoms with E-state index in [1.54, 1.807) is 25.2 Å². The third-order valence-electron chi connectivity index (χ3n) is 4.22. The Hall–Kier alpha value is -2.36. The maximum Gasteiger partial charge on any atom is 0.387 e. The van der Waals surface area contributed by atoms with E-state index in [9.17, 15) is 8.78 Å². The molecule has 150 valence electrons. The van der Waals surface area contributed by atoms with Gasteiger partial charge in [0.25, 0.3) is 0 Å². The Kier molecular flexibility index (Phi) is 8.49. The highest BCUT2D eigenvalue weighted by molar-refractivity contribution is 14.0. The number of rotatable bonds is 7. The van der Waals surface area contributed by atoms with Crippen molar-refractivity contribution in [3.8, 4) is 5.75 Å². The van der Waals surface area contributed by atoms with Crippen LogP contribution in [-0.4, -0.2) is 31.1 Å². The summed E-state index contributed by atoms with van der Waals surface area (Å²) >= 11 is 0. The summed E-state index contributed by atoms with van der Waals surface area (Å²) in [7, 11) is 1.67. The van der Waals surface area contributed by atoms with Gasteiger partial charge in [0.1, 0.15) is 5.75 Å². The Bertz CT molecular complexity index is 914. The molecule has 8 heteroatoms. The Balaban J connectivity index is 0.00000280. The molecule has 2 aromatic carbocycles. The van der Waals surface area contributed by atoms with E-state index in [2.05, 4.69) is 31.4 Å². The van der Waals surface area contributed by atoms with E-state index in [1.165, 1.54) is 17.0 Å². The number of benzene rings is 2. The van der Waals surface area contributed by atoms with E-state index >= 15 is 0 Å². The molecule has 0 unspecified atom stereocenters. The van der Waals surface area contributed by atoms with E-state index in [4.69, 9.17) is 0 Å². The quantitative estimate of drug-likeness (QED) is 0.258. The summed E-state index contributed by atoms with van der Waals surface area (Å²) in [6.45, 7) is -1.83. The van der Waals surface area contributed by atoms with Crippen molar-refractivity contribution >= 4 is 40.8 Å². The molecular formula is C20H23F2IN4O. The molecule has 0 spiro atoms. The number of fused-ring (bicyclic) bond motifs is 1. The fourth-order valence-corrected chi connectivity index (χ4v) is 2.91. The third-order valence-corrected chi connectivity index (χ3v) is 4.22. The summed E-state index contributed by atoms with van der Waals surface area (Å²) in [6.07, 6.45) is 2.84. The molecule has 0 fully saturated rings. The van der Waals surface area contributed by atoms with Crippen molar-refractivity contribution in [1.82, 2.24) is 15.6 Å². The SMILES string of the molecule is CN=C(NCCc1c[nH]c2ccccc12)NCc1ccccc1OC(F)F.I. The highest BCUT2D eigenvalue weighted by Crippen LogP contribution is 2.20. The van der Waals surface area contributed by atoms with Crippen LogP contribution < -0.4 is 15.4 Å². The van der Waals surface area contributed by atoms with Crippen LogP contribution in [0.1, 0.15) is 11.1 Å². The van der Waals surface area contributed by atoms with E-state index in [0.717, 1.165) is 11.9 Å². The highest BCUT2D eigenvalue weighted by atomic mass is 127. The number of halogens is 3. The zero-order valence-electron chi connectivity index (χ0n) is 15.4. The van der Waals surface area contributed by atoms with Gasteiger partial charge in [-0.2, -0.15) is 8.78 Å². The number of alkyl halides is 2. The van der Waals surface area contributed by atoms with Gasteiger partial charge >= 0.3 is 6.61 Å². The maximum atomic E-state index is 12.5. The minimum absolute atomic E-state index is 0. The van der Waals surface area contributed by atoms with Crippen LogP contribution in [0.5, 0.6) is 5.75 Å². The van der Waals surface area contributed by atoms with Gasteiger partial charge in [0, 0.05) is 42.8 Å². The first-order valence-electron chi connectivity index (χ1n) is 8.69. The minimum Gasteiger partial charge on any atom is -0.434 e. The molecule has 0 saturated heterocycles. The van der Waals surface area contributed by atoms with Crippen molar-refractivity contribution in [2.45, 2.75) is 19.6 Å². The fraction of sp³-hybridized carbons (Fsp3) is 0.250. The second-order valence-electron chi connectivity index (χ2n) is 5.95. The van der Waals surface area contributed by atoms with Gasteiger partial charge in [-0.05, 0) is 24.1 Å². The summed E-state index contributed by atoms with van der Waals surface area (Å²) in [4.78, 5) is 7.43. The number of nitrogens with one attached hydrogen (secondary N) is 3. The lowest BCUT2D eigenvalue weighted by Crippen LogP contribution is -2.37. The monoisotopic (exact) mass is 500 g/mol. The molecule has 0 radical (unpaired) electrons. The number of H-pyrrole nitrogens is 1. The molecule has 3 aromatic rings. The average molecular weight is 500 g/mol. The van der Waals surface area contributed by atoms with Crippen LogP contribution >= 0.6 is 24.0 Å². The zero-order chi connectivity index (χ0) is 19.1. The molecule has 0 amide bonds.